The average Bonchev–Trinajstić information content (AvgIpc) is 2.32. The van der Waals surface area contributed by atoms with Crippen molar-refractivity contribution in [2.75, 3.05) is 18.6 Å². The lowest BCUT2D eigenvalue weighted by molar-refractivity contribution is 0.0530. The van der Waals surface area contributed by atoms with E-state index in [1.165, 1.54) is 24.3 Å². The molecule has 6 heteroatoms. The fraction of sp³-hybridized carbons (Fsp3) is 0.500. The molecule has 20 heavy (non-hydrogen) atoms. The second-order valence-electron chi connectivity index (χ2n) is 5.39. The quantitative estimate of drug-likeness (QED) is 0.617. The van der Waals surface area contributed by atoms with E-state index in [9.17, 15) is 13.2 Å². The molecule has 4 nitrogen and oxygen atoms in total. The van der Waals surface area contributed by atoms with E-state index in [-0.39, 0.29) is 9.64 Å². The number of esters is 1. The van der Waals surface area contributed by atoms with Crippen molar-refractivity contribution >= 4 is 27.6 Å². The maximum atomic E-state index is 11.7. The summed E-state index contributed by atoms with van der Waals surface area (Å²) in [5.41, 5.74) is 0.359. The molecule has 0 amide bonds. The SMILES string of the molecule is CC(C)(C)SCCOC(=O)c1ccc(S(C)(=O)=O)cc1. The van der Waals surface area contributed by atoms with E-state index in [0.717, 1.165) is 12.0 Å². The van der Waals surface area contributed by atoms with E-state index in [1.807, 2.05) is 0 Å². The highest BCUT2D eigenvalue weighted by Crippen LogP contribution is 2.22. The molecule has 0 radical (unpaired) electrons. The zero-order valence-corrected chi connectivity index (χ0v) is 13.8. The standard InChI is InChI=1S/C14H20O4S2/c1-14(2,3)19-10-9-18-13(15)11-5-7-12(8-6-11)20(4,16)17/h5-8H,9-10H2,1-4H3. The van der Waals surface area contributed by atoms with Crippen LogP contribution in [0.1, 0.15) is 31.1 Å². The van der Waals surface area contributed by atoms with Crippen molar-refractivity contribution in [3.05, 3.63) is 29.8 Å². The number of hydrogen-bond donors (Lipinski definition) is 0. The van der Waals surface area contributed by atoms with E-state index < -0.39 is 15.8 Å². The van der Waals surface area contributed by atoms with Crippen LogP contribution in [-0.4, -0.2) is 37.7 Å². The Balaban J connectivity index is 2.53. The molecule has 0 saturated carbocycles. The summed E-state index contributed by atoms with van der Waals surface area (Å²) in [6.45, 7) is 6.64. The second kappa shape index (κ2) is 6.63. The Kier molecular flexibility index (Phi) is 5.65. The number of ether oxygens (including phenoxy) is 1. The van der Waals surface area contributed by atoms with E-state index in [2.05, 4.69) is 20.8 Å². The van der Waals surface area contributed by atoms with Gasteiger partial charge in [-0.2, -0.15) is 11.8 Å². The number of carbonyl (C=O) groups excluding carboxylic acids is 1. The van der Waals surface area contributed by atoms with Crippen molar-refractivity contribution in [3.8, 4) is 0 Å². The number of carbonyl (C=O) groups is 1. The second-order valence-corrected chi connectivity index (χ2v) is 9.33. The molecular formula is C14H20O4S2. The van der Waals surface area contributed by atoms with E-state index in [1.54, 1.807) is 11.8 Å². The van der Waals surface area contributed by atoms with Crippen LogP contribution < -0.4 is 0 Å². The van der Waals surface area contributed by atoms with Crippen LogP contribution in [0.3, 0.4) is 0 Å². The summed E-state index contributed by atoms with van der Waals surface area (Å²) in [6, 6.07) is 5.76. The minimum atomic E-state index is -3.24. The molecule has 0 fully saturated rings. The van der Waals surface area contributed by atoms with Crippen LogP contribution in [0.4, 0.5) is 0 Å². The van der Waals surface area contributed by atoms with Gasteiger partial charge in [-0.15, -0.1) is 0 Å². The first-order valence-electron chi connectivity index (χ1n) is 6.21. The van der Waals surface area contributed by atoms with Crippen LogP contribution in [0.25, 0.3) is 0 Å². The number of thioether (sulfide) groups is 1. The molecule has 1 aromatic carbocycles. The van der Waals surface area contributed by atoms with Gasteiger partial charge in [0.1, 0.15) is 6.61 Å². The summed E-state index contributed by atoms with van der Waals surface area (Å²) in [6.07, 6.45) is 1.13. The highest BCUT2D eigenvalue weighted by Gasteiger charge is 2.13. The molecule has 0 aliphatic rings. The van der Waals surface area contributed by atoms with Crippen LogP contribution in [0, 0.1) is 0 Å². The van der Waals surface area contributed by atoms with Gasteiger partial charge in [-0.25, -0.2) is 13.2 Å². The molecule has 0 aliphatic heterocycles. The topological polar surface area (TPSA) is 60.4 Å². The molecule has 0 heterocycles. The van der Waals surface area contributed by atoms with Crippen LogP contribution in [0.5, 0.6) is 0 Å². The van der Waals surface area contributed by atoms with E-state index in [4.69, 9.17) is 4.74 Å². The first-order chi connectivity index (χ1) is 9.09. The predicted octanol–water partition coefficient (Wildman–Crippen LogP) is 2.78. The summed E-state index contributed by atoms with van der Waals surface area (Å²) in [4.78, 5) is 11.9. The van der Waals surface area contributed by atoms with Gasteiger partial charge in [0.25, 0.3) is 0 Å². The van der Waals surface area contributed by atoms with Crippen molar-refractivity contribution in [3.63, 3.8) is 0 Å². The van der Waals surface area contributed by atoms with Gasteiger partial charge in [0.2, 0.25) is 0 Å². The predicted molar refractivity (Wildman–Crippen MR) is 82.0 cm³/mol. The van der Waals surface area contributed by atoms with Gasteiger partial charge in [0, 0.05) is 16.8 Å². The molecule has 0 saturated heterocycles. The molecule has 0 unspecified atom stereocenters. The number of hydrogen-bond acceptors (Lipinski definition) is 5. The first kappa shape index (κ1) is 17.0. The Morgan fingerprint density at radius 3 is 2.20 bits per heavy atom. The van der Waals surface area contributed by atoms with Crippen LogP contribution in [-0.2, 0) is 14.6 Å². The molecular weight excluding hydrogens is 296 g/mol. The molecule has 0 N–H and O–H groups in total. The van der Waals surface area contributed by atoms with Crippen molar-refractivity contribution in [2.24, 2.45) is 0 Å². The molecule has 0 aliphatic carbocycles. The molecule has 1 rings (SSSR count). The van der Waals surface area contributed by atoms with Crippen molar-refractivity contribution < 1.29 is 17.9 Å². The summed E-state index contributed by atoms with van der Waals surface area (Å²) >= 11 is 1.72. The van der Waals surface area contributed by atoms with Crippen molar-refractivity contribution in [1.82, 2.24) is 0 Å². The van der Waals surface area contributed by atoms with Gasteiger partial charge in [-0.1, -0.05) is 20.8 Å². The fourth-order valence-corrected chi connectivity index (χ4v) is 2.81. The Labute approximate surface area is 124 Å². The van der Waals surface area contributed by atoms with Crippen LogP contribution in [0.2, 0.25) is 0 Å². The minimum Gasteiger partial charge on any atom is -0.461 e. The molecule has 0 bridgehead atoms. The Morgan fingerprint density at radius 2 is 1.75 bits per heavy atom. The van der Waals surface area contributed by atoms with Crippen LogP contribution >= 0.6 is 11.8 Å². The fourth-order valence-electron chi connectivity index (χ4n) is 1.40. The molecule has 112 valence electrons. The lowest BCUT2D eigenvalue weighted by Crippen LogP contribution is -2.13. The third-order valence-corrected chi connectivity index (χ3v) is 4.74. The highest BCUT2D eigenvalue weighted by atomic mass is 32.2. The largest absolute Gasteiger partial charge is 0.461 e. The third kappa shape index (κ3) is 5.96. The zero-order valence-electron chi connectivity index (χ0n) is 12.2. The van der Waals surface area contributed by atoms with Gasteiger partial charge in [0.05, 0.1) is 10.5 Å². The molecule has 1 aromatic rings. The van der Waals surface area contributed by atoms with E-state index in [0.29, 0.717) is 12.2 Å². The monoisotopic (exact) mass is 316 g/mol. The van der Waals surface area contributed by atoms with Crippen molar-refractivity contribution in [1.29, 1.82) is 0 Å². The van der Waals surface area contributed by atoms with Crippen molar-refractivity contribution in [2.45, 2.75) is 30.4 Å². The summed E-state index contributed by atoms with van der Waals surface area (Å²) in [5.74, 6) is 0.302. The Hall–Kier alpha value is -1.01. The number of benzene rings is 1. The first-order valence-corrected chi connectivity index (χ1v) is 9.08. The average molecular weight is 316 g/mol. The zero-order chi connectivity index (χ0) is 15.4. The highest BCUT2D eigenvalue weighted by molar-refractivity contribution is 8.00. The lowest BCUT2D eigenvalue weighted by atomic mass is 10.2. The van der Waals surface area contributed by atoms with Gasteiger partial charge in [-0.05, 0) is 24.3 Å². The lowest BCUT2D eigenvalue weighted by Gasteiger charge is -2.17. The maximum Gasteiger partial charge on any atom is 0.338 e. The molecule has 0 spiro atoms. The number of sulfone groups is 1. The summed E-state index contributed by atoms with van der Waals surface area (Å²) in [5, 5.41) is 0. The van der Waals surface area contributed by atoms with Gasteiger partial charge >= 0.3 is 5.97 Å². The maximum absolute atomic E-state index is 11.7. The normalized spacial score (nSPS) is 12.2. The molecule has 0 aromatic heterocycles. The summed E-state index contributed by atoms with van der Waals surface area (Å²) < 4.78 is 27.9. The van der Waals surface area contributed by atoms with Gasteiger partial charge in [-0.3, -0.25) is 0 Å². The Morgan fingerprint density at radius 1 is 1.20 bits per heavy atom. The number of rotatable bonds is 5. The minimum absolute atomic E-state index is 0.142. The summed E-state index contributed by atoms with van der Waals surface area (Å²) in [7, 11) is -3.24. The van der Waals surface area contributed by atoms with E-state index >= 15 is 0 Å². The molecule has 0 atom stereocenters. The van der Waals surface area contributed by atoms with Crippen LogP contribution in [0.15, 0.2) is 29.2 Å². The van der Waals surface area contributed by atoms with Gasteiger partial charge in [0.15, 0.2) is 9.84 Å². The van der Waals surface area contributed by atoms with Gasteiger partial charge < -0.3 is 4.74 Å². The third-order valence-electron chi connectivity index (χ3n) is 2.37. The Bertz CT molecular complexity index is 554. The smallest absolute Gasteiger partial charge is 0.338 e.